The van der Waals surface area contributed by atoms with Crippen molar-refractivity contribution in [3.63, 3.8) is 0 Å². The van der Waals surface area contributed by atoms with Crippen molar-refractivity contribution >= 4 is 28.4 Å². The molecular weight excluding hydrogens is 386 g/mol. The third kappa shape index (κ3) is 3.24. The molecule has 156 valence electrons. The summed E-state index contributed by atoms with van der Waals surface area (Å²) < 4.78 is 1.70. The van der Waals surface area contributed by atoms with E-state index in [1.54, 1.807) is 4.68 Å². The smallest absolute Gasteiger partial charge is 0.235 e. The van der Waals surface area contributed by atoms with E-state index in [0.29, 0.717) is 5.82 Å². The molecule has 6 nitrogen and oxygen atoms in total. The predicted octanol–water partition coefficient (Wildman–Crippen LogP) is 4.50. The summed E-state index contributed by atoms with van der Waals surface area (Å²) in [4.78, 5) is 17.6. The van der Waals surface area contributed by atoms with Crippen molar-refractivity contribution in [1.82, 2.24) is 14.8 Å². The van der Waals surface area contributed by atoms with Gasteiger partial charge in [0.05, 0.1) is 10.8 Å². The predicted molar refractivity (Wildman–Crippen MR) is 124 cm³/mol. The second-order valence-electron chi connectivity index (χ2n) is 8.50. The fourth-order valence-electron chi connectivity index (χ4n) is 4.26. The molecule has 0 saturated heterocycles. The van der Waals surface area contributed by atoms with Crippen molar-refractivity contribution in [3.8, 4) is 11.1 Å². The summed E-state index contributed by atoms with van der Waals surface area (Å²) in [5.74, 6) is 0.522. The molecule has 2 aromatic carbocycles. The van der Waals surface area contributed by atoms with Gasteiger partial charge in [0.15, 0.2) is 11.5 Å². The number of aryl methyl sites for hydroxylation is 3. The topological polar surface area (TPSA) is 85.8 Å². The Labute approximate surface area is 181 Å². The molecule has 1 amide bonds. The fourth-order valence-corrected chi connectivity index (χ4v) is 4.26. The maximum absolute atomic E-state index is 13.1. The van der Waals surface area contributed by atoms with Crippen LogP contribution in [-0.4, -0.2) is 20.7 Å². The summed E-state index contributed by atoms with van der Waals surface area (Å²) in [5, 5.41) is 8.27. The number of hydrogen-bond acceptors (Lipinski definition) is 4. The molecule has 6 heteroatoms. The maximum Gasteiger partial charge on any atom is 0.235 e. The molecule has 1 aliphatic rings. The third-order valence-corrected chi connectivity index (χ3v) is 6.19. The number of carbonyl (C=O) groups is 1. The fraction of sp³-hybridized carbons (Fsp3) is 0.240. The van der Waals surface area contributed by atoms with E-state index in [0.717, 1.165) is 51.9 Å². The van der Waals surface area contributed by atoms with Crippen molar-refractivity contribution in [2.45, 2.75) is 32.1 Å². The highest BCUT2D eigenvalue weighted by Gasteiger charge is 2.51. The lowest BCUT2D eigenvalue weighted by atomic mass is 9.94. The van der Waals surface area contributed by atoms with Crippen molar-refractivity contribution in [1.29, 1.82) is 0 Å². The number of anilines is 2. The number of hydrogen-bond donors (Lipinski definition) is 2. The first-order valence-corrected chi connectivity index (χ1v) is 10.5. The van der Waals surface area contributed by atoms with Gasteiger partial charge in [-0.1, -0.05) is 42.0 Å². The molecule has 3 N–H and O–H groups in total. The van der Waals surface area contributed by atoms with Gasteiger partial charge in [-0.3, -0.25) is 4.79 Å². The Kier molecular flexibility index (Phi) is 4.32. The standard InChI is InChI=1S/C25H25N5O/c1-15-4-8-18(9-5-15)25(12-13-25)24(31)28-19-10-6-17(7-11-19)20-14-16(2)27-23-21(20)22(26)29-30(23)3/h4-11,14H,12-13H2,1-3H3,(H2,26,29)(H,28,31). The van der Waals surface area contributed by atoms with E-state index in [-0.39, 0.29) is 5.91 Å². The number of aromatic nitrogens is 3. The van der Waals surface area contributed by atoms with Gasteiger partial charge in [0, 0.05) is 18.4 Å². The SMILES string of the molecule is Cc1ccc(C2(C(=O)Nc3ccc(-c4cc(C)nc5c4c(N)nn5C)cc3)CC2)cc1. The van der Waals surface area contributed by atoms with Crippen LogP contribution in [0.25, 0.3) is 22.2 Å². The van der Waals surface area contributed by atoms with Crippen LogP contribution in [-0.2, 0) is 17.3 Å². The van der Waals surface area contributed by atoms with Gasteiger partial charge in [0.25, 0.3) is 0 Å². The molecule has 5 rings (SSSR count). The molecule has 0 atom stereocenters. The maximum atomic E-state index is 13.1. The van der Waals surface area contributed by atoms with Crippen LogP contribution in [0.5, 0.6) is 0 Å². The van der Waals surface area contributed by atoms with Crippen LogP contribution in [0.4, 0.5) is 11.5 Å². The minimum Gasteiger partial charge on any atom is -0.382 e. The summed E-state index contributed by atoms with van der Waals surface area (Å²) in [6, 6.07) is 18.2. The Balaban J connectivity index is 1.42. The molecule has 31 heavy (non-hydrogen) atoms. The number of nitrogens with two attached hydrogens (primary N) is 1. The number of nitrogen functional groups attached to an aromatic ring is 1. The van der Waals surface area contributed by atoms with Gasteiger partial charge < -0.3 is 11.1 Å². The van der Waals surface area contributed by atoms with Gasteiger partial charge in [0.1, 0.15) is 0 Å². The van der Waals surface area contributed by atoms with E-state index < -0.39 is 5.41 Å². The molecule has 0 spiro atoms. The first kappa shape index (κ1) is 19.3. The van der Waals surface area contributed by atoms with Crippen LogP contribution in [0.3, 0.4) is 0 Å². The Morgan fingerprint density at radius 2 is 1.74 bits per heavy atom. The van der Waals surface area contributed by atoms with Crippen molar-refractivity contribution in [3.05, 3.63) is 71.4 Å². The first-order chi connectivity index (χ1) is 14.9. The van der Waals surface area contributed by atoms with E-state index in [1.165, 1.54) is 5.56 Å². The van der Waals surface area contributed by atoms with Crippen molar-refractivity contribution in [2.75, 3.05) is 11.1 Å². The highest BCUT2D eigenvalue weighted by atomic mass is 16.2. The van der Waals surface area contributed by atoms with Crippen LogP contribution in [0.2, 0.25) is 0 Å². The second kappa shape index (κ2) is 6.94. The number of carbonyl (C=O) groups excluding carboxylic acids is 1. The van der Waals surface area contributed by atoms with Crippen LogP contribution < -0.4 is 11.1 Å². The Morgan fingerprint density at radius 1 is 1.06 bits per heavy atom. The van der Waals surface area contributed by atoms with Gasteiger partial charge in [-0.05, 0) is 61.6 Å². The monoisotopic (exact) mass is 411 g/mol. The number of fused-ring (bicyclic) bond motifs is 1. The number of nitrogens with zero attached hydrogens (tertiary/aromatic N) is 3. The Bertz CT molecular complexity index is 1300. The number of nitrogens with one attached hydrogen (secondary N) is 1. The molecule has 2 heterocycles. The minimum atomic E-state index is -0.398. The van der Waals surface area contributed by atoms with Crippen LogP contribution in [0.15, 0.2) is 54.6 Å². The Hall–Kier alpha value is -3.67. The van der Waals surface area contributed by atoms with E-state index in [2.05, 4.69) is 46.6 Å². The number of rotatable bonds is 4. The summed E-state index contributed by atoms with van der Waals surface area (Å²) in [6.45, 7) is 4.02. The summed E-state index contributed by atoms with van der Waals surface area (Å²) in [6.07, 6.45) is 1.77. The number of amides is 1. The molecule has 1 saturated carbocycles. The molecule has 1 aliphatic carbocycles. The van der Waals surface area contributed by atoms with Gasteiger partial charge in [-0.25, -0.2) is 9.67 Å². The average molecular weight is 412 g/mol. The number of benzene rings is 2. The van der Waals surface area contributed by atoms with Gasteiger partial charge in [0.2, 0.25) is 5.91 Å². The van der Waals surface area contributed by atoms with Crippen molar-refractivity contribution in [2.24, 2.45) is 7.05 Å². The normalized spacial score (nSPS) is 14.5. The lowest BCUT2D eigenvalue weighted by molar-refractivity contribution is -0.118. The summed E-state index contributed by atoms with van der Waals surface area (Å²) >= 11 is 0. The van der Waals surface area contributed by atoms with Crippen molar-refractivity contribution < 1.29 is 4.79 Å². The lowest BCUT2D eigenvalue weighted by Gasteiger charge is -2.16. The van der Waals surface area contributed by atoms with Crippen LogP contribution >= 0.6 is 0 Å². The zero-order valence-corrected chi connectivity index (χ0v) is 17.9. The highest BCUT2D eigenvalue weighted by molar-refractivity contribution is 6.02. The molecule has 0 radical (unpaired) electrons. The molecule has 0 unspecified atom stereocenters. The van der Waals surface area contributed by atoms with E-state index in [9.17, 15) is 4.79 Å². The lowest BCUT2D eigenvalue weighted by Crippen LogP contribution is -2.27. The van der Waals surface area contributed by atoms with Gasteiger partial charge in [-0.15, -0.1) is 0 Å². The van der Waals surface area contributed by atoms with E-state index >= 15 is 0 Å². The molecular formula is C25H25N5O. The molecule has 0 bridgehead atoms. The molecule has 2 aromatic heterocycles. The number of pyridine rings is 1. The Morgan fingerprint density at radius 3 is 2.39 bits per heavy atom. The van der Waals surface area contributed by atoms with E-state index in [1.807, 2.05) is 44.3 Å². The summed E-state index contributed by atoms with van der Waals surface area (Å²) in [5.41, 5.74) is 12.5. The zero-order chi connectivity index (χ0) is 21.8. The second-order valence-corrected chi connectivity index (χ2v) is 8.50. The highest BCUT2D eigenvalue weighted by Crippen LogP contribution is 2.49. The molecule has 1 fully saturated rings. The van der Waals surface area contributed by atoms with Crippen LogP contribution in [0.1, 0.15) is 29.7 Å². The van der Waals surface area contributed by atoms with Gasteiger partial charge >= 0.3 is 0 Å². The average Bonchev–Trinajstić information content (AvgIpc) is 3.51. The first-order valence-electron chi connectivity index (χ1n) is 10.5. The quantitative estimate of drug-likeness (QED) is 0.518. The largest absolute Gasteiger partial charge is 0.382 e. The minimum absolute atomic E-state index is 0.0581. The summed E-state index contributed by atoms with van der Waals surface area (Å²) in [7, 11) is 1.84. The molecule has 0 aliphatic heterocycles. The zero-order valence-electron chi connectivity index (χ0n) is 17.9. The third-order valence-electron chi connectivity index (χ3n) is 6.19. The van der Waals surface area contributed by atoms with Gasteiger partial charge in [-0.2, -0.15) is 5.10 Å². The molecule has 4 aromatic rings. The van der Waals surface area contributed by atoms with Crippen LogP contribution in [0, 0.1) is 13.8 Å². The van der Waals surface area contributed by atoms with E-state index in [4.69, 9.17) is 5.73 Å².